The van der Waals surface area contributed by atoms with Gasteiger partial charge in [-0.15, -0.1) is 0 Å². The third-order valence-electron chi connectivity index (χ3n) is 2.20. The standard InChI is InChI=1S/C9H18N2O2/c1-7(10)9(12)11(5-6-13-2)8-3-4-8/h7-8H,3-6,10H2,1-2H3. The lowest BCUT2D eigenvalue weighted by Gasteiger charge is -2.23. The summed E-state index contributed by atoms with van der Waals surface area (Å²) in [4.78, 5) is 13.4. The topological polar surface area (TPSA) is 55.6 Å². The van der Waals surface area contributed by atoms with Crippen LogP contribution in [0.1, 0.15) is 19.8 Å². The van der Waals surface area contributed by atoms with Gasteiger partial charge in [0.05, 0.1) is 12.6 Å². The fourth-order valence-electron chi connectivity index (χ4n) is 1.31. The molecule has 1 unspecified atom stereocenters. The highest BCUT2D eigenvalue weighted by molar-refractivity contribution is 5.81. The van der Waals surface area contributed by atoms with Crippen LogP contribution in [0.15, 0.2) is 0 Å². The van der Waals surface area contributed by atoms with Crippen molar-refractivity contribution in [2.45, 2.75) is 31.8 Å². The third-order valence-corrected chi connectivity index (χ3v) is 2.20. The van der Waals surface area contributed by atoms with E-state index in [0.717, 1.165) is 12.8 Å². The molecule has 0 heterocycles. The Kier molecular flexibility index (Phi) is 3.69. The SMILES string of the molecule is COCCN(C(=O)C(C)N)C1CC1. The lowest BCUT2D eigenvalue weighted by atomic mass is 10.3. The summed E-state index contributed by atoms with van der Waals surface area (Å²) in [6.45, 7) is 2.99. The maximum atomic E-state index is 11.6. The molecule has 1 rings (SSSR count). The first-order valence-electron chi connectivity index (χ1n) is 4.71. The number of hydrogen-bond donors (Lipinski definition) is 1. The van der Waals surface area contributed by atoms with Crippen molar-refractivity contribution in [1.29, 1.82) is 0 Å². The van der Waals surface area contributed by atoms with E-state index in [1.165, 1.54) is 0 Å². The molecule has 2 N–H and O–H groups in total. The number of amides is 1. The van der Waals surface area contributed by atoms with Gasteiger partial charge in [-0.05, 0) is 19.8 Å². The summed E-state index contributed by atoms with van der Waals surface area (Å²) in [5.41, 5.74) is 5.54. The Labute approximate surface area is 79.0 Å². The maximum absolute atomic E-state index is 11.6. The summed E-state index contributed by atoms with van der Waals surface area (Å²) >= 11 is 0. The summed E-state index contributed by atoms with van der Waals surface area (Å²) in [5.74, 6) is 0.0413. The zero-order chi connectivity index (χ0) is 9.84. The molecule has 0 aromatic rings. The predicted molar refractivity (Wildman–Crippen MR) is 50.3 cm³/mol. The van der Waals surface area contributed by atoms with Crippen molar-refractivity contribution in [3.8, 4) is 0 Å². The van der Waals surface area contributed by atoms with Gasteiger partial charge < -0.3 is 15.4 Å². The van der Waals surface area contributed by atoms with E-state index in [0.29, 0.717) is 19.2 Å². The fourth-order valence-corrected chi connectivity index (χ4v) is 1.31. The van der Waals surface area contributed by atoms with E-state index in [1.54, 1.807) is 14.0 Å². The van der Waals surface area contributed by atoms with Gasteiger partial charge in [0.25, 0.3) is 0 Å². The number of carbonyl (C=O) groups is 1. The Hall–Kier alpha value is -0.610. The molecular formula is C9H18N2O2. The molecule has 1 amide bonds. The molecular weight excluding hydrogens is 168 g/mol. The second-order valence-electron chi connectivity index (χ2n) is 3.54. The van der Waals surface area contributed by atoms with Gasteiger partial charge in [0, 0.05) is 19.7 Å². The molecule has 4 nitrogen and oxygen atoms in total. The number of rotatable bonds is 5. The van der Waals surface area contributed by atoms with Crippen molar-refractivity contribution in [3.63, 3.8) is 0 Å². The summed E-state index contributed by atoms with van der Waals surface area (Å²) in [7, 11) is 1.64. The van der Waals surface area contributed by atoms with Gasteiger partial charge in [-0.2, -0.15) is 0 Å². The number of nitrogens with two attached hydrogens (primary N) is 1. The summed E-state index contributed by atoms with van der Waals surface area (Å²) in [6.07, 6.45) is 2.23. The van der Waals surface area contributed by atoms with E-state index in [9.17, 15) is 4.79 Å². The van der Waals surface area contributed by atoms with Crippen molar-refractivity contribution in [2.24, 2.45) is 5.73 Å². The first-order valence-corrected chi connectivity index (χ1v) is 4.71. The molecule has 76 valence electrons. The first-order chi connectivity index (χ1) is 6.16. The Bertz CT molecular complexity index is 178. The first kappa shape index (κ1) is 10.5. The Morgan fingerprint density at radius 1 is 1.69 bits per heavy atom. The molecule has 4 heteroatoms. The molecule has 1 atom stereocenters. The smallest absolute Gasteiger partial charge is 0.239 e. The second kappa shape index (κ2) is 4.58. The number of ether oxygens (including phenoxy) is 1. The minimum Gasteiger partial charge on any atom is -0.383 e. The average Bonchev–Trinajstić information content (AvgIpc) is 2.88. The number of carbonyl (C=O) groups excluding carboxylic acids is 1. The highest BCUT2D eigenvalue weighted by atomic mass is 16.5. The summed E-state index contributed by atoms with van der Waals surface area (Å²) in [5, 5.41) is 0. The lowest BCUT2D eigenvalue weighted by Crippen LogP contribution is -2.44. The molecule has 1 fully saturated rings. The molecule has 0 aromatic heterocycles. The highest BCUT2D eigenvalue weighted by Gasteiger charge is 2.33. The zero-order valence-electron chi connectivity index (χ0n) is 8.32. The van der Waals surface area contributed by atoms with Crippen LogP contribution in [0.3, 0.4) is 0 Å². The van der Waals surface area contributed by atoms with E-state index in [-0.39, 0.29) is 5.91 Å². The van der Waals surface area contributed by atoms with Crippen LogP contribution in [0.5, 0.6) is 0 Å². The Balaban J connectivity index is 2.41. The molecule has 0 aromatic carbocycles. The van der Waals surface area contributed by atoms with Crippen molar-refractivity contribution >= 4 is 5.91 Å². The molecule has 1 aliphatic carbocycles. The van der Waals surface area contributed by atoms with Gasteiger partial charge in [0.15, 0.2) is 0 Å². The van der Waals surface area contributed by atoms with Crippen molar-refractivity contribution in [3.05, 3.63) is 0 Å². The van der Waals surface area contributed by atoms with E-state index >= 15 is 0 Å². The minimum atomic E-state index is -0.391. The van der Waals surface area contributed by atoms with Crippen LogP contribution >= 0.6 is 0 Å². The molecule has 13 heavy (non-hydrogen) atoms. The van der Waals surface area contributed by atoms with Gasteiger partial charge in [-0.1, -0.05) is 0 Å². The quantitative estimate of drug-likeness (QED) is 0.656. The molecule has 0 radical (unpaired) electrons. The second-order valence-corrected chi connectivity index (χ2v) is 3.54. The van der Waals surface area contributed by atoms with Crippen LogP contribution in [0, 0.1) is 0 Å². The highest BCUT2D eigenvalue weighted by Crippen LogP contribution is 2.26. The zero-order valence-corrected chi connectivity index (χ0v) is 8.32. The largest absolute Gasteiger partial charge is 0.383 e. The van der Waals surface area contributed by atoms with Crippen LogP contribution < -0.4 is 5.73 Å². The van der Waals surface area contributed by atoms with Gasteiger partial charge in [0.1, 0.15) is 0 Å². The van der Waals surface area contributed by atoms with E-state index in [1.807, 2.05) is 4.90 Å². The summed E-state index contributed by atoms with van der Waals surface area (Å²) in [6, 6.07) is 0.0334. The average molecular weight is 186 g/mol. The van der Waals surface area contributed by atoms with Gasteiger partial charge >= 0.3 is 0 Å². The van der Waals surface area contributed by atoms with Crippen LogP contribution in [0.25, 0.3) is 0 Å². The minimum absolute atomic E-state index is 0.0413. The predicted octanol–water partition coefficient (Wildman–Crippen LogP) is -0.0290. The summed E-state index contributed by atoms with van der Waals surface area (Å²) < 4.78 is 4.95. The maximum Gasteiger partial charge on any atom is 0.239 e. The Morgan fingerprint density at radius 2 is 2.31 bits per heavy atom. The fraction of sp³-hybridized carbons (Fsp3) is 0.889. The van der Waals surface area contributed by atoms with Crippen LogP contribution in [0.2, 0.25) is 0 Å². The number of hydrogen-bond acceptors (Lipinski definition) is 3. The third kappa shape index (κ3) is 2.97. The van der Waals surface area contributed by atoms with Gasteiger partial charge in [-0.25, -0.2) is 0 Å². The van der Waals surface area contributed by atoms with Crippen molar-refractivity contribution in [2.75, 3.05) is 20.3 Å². The molecule has 1 aliphatic rings. The molecule has 0 bridgehead atoms. The molecule has 0 spiro atoms. The monoisotopic (exact) mass is 186 g/mol. The van der Waals surface area contributed by atoms with E-state index in [2.05, 4.69) is 0 Å². The van der Waals surface area contributed by atoms with Gasteiger partial charge in [-0.3, -0.25) is 4.79 Å². The van der Waals surface area contributed by atoms with E-state index in [4.69, 9.17) is 10.5 Å². The van der Waals surface area contributed by atoms with Crippen LogP contribution in [-0.2, 0) is 9.53 Å². The number of methoxy groups -OCH3 is 1. The Morgan fingerprint density at radius 3 is 2.69 bits per heavy atom. The van der Waals surface area contributed by atoms with E-state index < -0.39 is 6.04 Å². The normalized spacial score (nSPS) is 18.4. The lowest BCUT2D eigenvalue weighted by molar-refractivity contribution is -0.133. The van der Waals surface area contributed by atoms with Crippen LogP contribution in [-0.4, -0.2) is 43.2 Å². The van der Waals surface area contributed by atoms with Gasteiger partial charge in [0.2, 0.25) is 5.91 Å². The molecule has 0 saturated heterocycles. The van der Waals surface area contributed by atoms with Crippen molar-refractivity contribution in [1.82, 2.24) is 4.90 Å². The number of nitrogens with zero attached hydrogens (tertiary/aromatic N) is 1. The molecule has 1 saturated carbocycles. The van der Waals surface area contributed by atoms with Crippen LogP contribution in [0.4, 0.5) is 0 Å². The van der Waals surface area contributed by atoms with Crippen molar-refractivity contribution < 1.29 is 9.53 Å². The molecule has 0 aliphatic heterocycles.